The number of fused-ring (bicyclic) bond motifs is 12. The van der Waals surface area contributed by atoms with Crippen molar-refractivity contribution in [3.63, 3.8) is 0 Å². The van der Waals surface area contributed by atoms with E-state index in [1.165, 1.54) is 143 Å². The monoisotopic (exact) mass is 1100 g/mol. The van der Waals surface area contributed by atoms with Crippen molar-refractivity contribution in [1.29, 1.82) is 0 Å². The smallest absolute Gasteiger partial charge is 0.0620 e. The van der Waals surface area contributed by atoms with Gasteiger partial charge >= 0.3 is 0 Å². The maximum Gasteiger partial charge on any atom is 0.0620 e. The molecule has 0 amide bonds. The van der Waals surface area contributed by atoms with Gasteiger partial charge in [0.15, 0.2) is 0 Å². The van der Waals surface area contributed by atoms with Crippen LogP contribution >= 0.6 is 0 Å². The number of aromatic nitrogens is 2. The van der Waals surface area contributed by atoms with Crippen LogP contribution in [0.4, 0.5) is 34.1 Å². The molecule has 4 nitrogen and oxygen atoms in total. The Balaban J connectivity index is 0.845. The van der Waals surface area contributed by atoms with Crippen LogP contribution in [0.5, 0.6) is 0 Å². The summed E-state index contributed by atoms with van der Waals surface area (Å²) >= 11 is 0. The van der Waals surface area contributed by atoms with E-state index in [4.69, 9.17) is 0 Å². The maximum absolute atomic E-state index is 2.54. The Morgan fingerprint density at radius 1 is 0.209 bits per heavy atom. The summed E-state index contributed by atoms with van der Waals surface area (Å²) in [5, 5.41) is 10.0. The predicted molar refractivity (Wildman–Crippen MR) is 366 cm³/mol. The fourth-order valence-corrected chi connectivity index (χ4v) is 14.2. The van der Waals surface area contributed by atoms with Gasteiger partial charge in [0.05, 0.1) is 33.1 Å². The summed E-state index contributed by atoms with van der Waals surface area (Å²) in [4.78, 5) is 4.99. The summed E-state index contributed by atoms with van der Waals surface area (Å²) in [7, 11) is 0. The first-order valence-electron chi connectivity index (χ1n) is 29.9. The van der Waals surface area contributed by atoms with Crippen molar-refractivity contribution >= 4 is 110 Å². The number of benzene rings is 13. The number of anilines is 6. The molecule has 0 fully saturated rings. The quantitative estimate of drug-likeness (QED) is 0.136. The third-order valence-electron chi connectivity index (χ3n) is 18.5. The maximum atomic E-state index is 2.54. The first-order chi connectivity index (χ1) is 42.3. The molecule has 17 rings (SSSR count). The summed E-state index contributed by atoms with van der Waals surface area (Å²) < 4.78 is 5.09. The van der Waals surface area contributed by atoms with Crippen LogP contribution in [0.2, 0.25) is 0 Å². The Morgan fingerprint density at radius 3 is 0.779 bits per heavy atom. The highest BCUT2D eigenvalue weighted by Crippen LogP contribution is 2.50. The second-order valence-corrected chi connectivity index (χ2v) is 23.5. The lowest BCUT2D eigenvalue weighted by Crippen LogP contribution is -2.13. The molecule has 0 radical (unpaired) electrons. The van der Waals surface area contributed by atoms with E-state index >= 15 is 0 Å². The number of nitrogens with zero attached hydrogens (tertiary/aromatic N) is 4. The minimum Gasteiger partial charge on any atom is -0.310 e. The molecule has 0 spiro atoms. The highest BCUT2D eigenvalue weighted by molar-refractivity contribution is 6.29. The SMILES string of the molecule is Cc1ccc(-c2ccccc2)cc1N(c1ccc2c(c1)c1cccc3c4cc5c(cc4n2c13)c1cccc2c3cc(N(c4cc(-c6ccccc6)ccc4C)c4cc(-c6ccccc6)ccc4C)ccc3n5c21)c1cc(-c2ccccc2)ccc1C. The molecule has 0 aliphatic rings. The van der Waals surface area contributed by atoms with Crippen molar-refractivity contribution in [3.8, 4) is 44.5 Å². The normalized spacial score (nSPS) is 12.0. The number of para-hydroxylation sites is 2. The first kappa shape index (κ1) is 49.7. The van der Waals surface area contributed by atoms with Crippen LogP contribution < -0.4 is 9.80 Å². The molecule has 86 heavy (non-hydrogen) atoms. The number of hydrogen-bond donors (Lipinski definition) is 0. The highest BCUT2D eigenvalue weighted by atomic mass is 15.2. The molecule has 0 unspecified atom stereocenters. The zero-order valence-electron chi connectivity index (χ0n) is 48.3. The van der Waals surface area contributed by atoms with Gasteiger partial charge in [0.2, 0.25) is 0 Å². The van der Waals surface area contributed by atoms with Gasteiger partial charge in [-0.05, 0) is 167 Å². The molecule has 0 saturated carbocycles. The van der Waals surface area contributed by atoms with Crippen LogP contribution in [0, 0.1) is 27.7 Å². The summed E-state index contributed by atoms with van der Waals surface area (Å²) in [5.41, 5.74) is 28.6. The minimum absolute atomic E-state index is 1.12. The van der Waals surface area contributed by atoms with Gasteiger partial charge in [0.1, 0.15) is 0 Å². The van der Waals surface area contributed by atoms with E-state index in [0.717, 1.165) is 34.1 Å². The lowest BCUT2D eigenvalue weighted by Gasteiger charge is -2.30. The van der Waals surface area contributed by atoms with Gasteiger partial charge in [-0.1, -0.05) is 206 Å². The first-order valence-corrected chi connectivity index (χ1v) is 29.9. The van der Waals surface area contributed by atoms with Crippen molar-refractivity contribution < 1.29 is 0 Å². The summed E-state index contributed by atoms with van der Waals surface area (Å²) in [6, 6.07) is 104. The summed E-state index contributed by atoms with van der Waals surface area (Å²) in [6.45, 7) is 8.96. The average molecular weight is 1100 g/mol. The molecule has 0 atom stereocenters. The zero-order valence-corrected chi connectivity index (χ0v) is 48.3. The largest absolute Gasteiger partial charge is 0.310 e. The number of hydrogen-bond acceptors (Lipinski definition) is 2. The van der Waals surface area contributed by atoms with E-state index < -0.39 is 0 Å². The topological polar surface area (TPSA) is 15.3 Å². The lowest BCUT2D eigenvalue weighted by atomic mass is 9.98. The van der Waals surface area contributed by atoms with Crippen LogP contribution in [0.3, 0.4) is 0 Å². The third-order valence-corrected chi connectivity index (χ3v) is 18.5. The molecule has 406 valence electrons. The van der Waals surface area contributed by atoms with Gasteiger partial charge in [-0.15, -0.1) is 0 Å². The molecule has 13 aromatic carbocycles. The molecule has 17 aromatic rings. The molecular formula is C82H58N4. The van der Waals surface area contributed by atoms with Gasteiger partial charge in [-0.2, -0.15) is 0 Å². The molecule has 4 heterocycles. The Kier molecular flexibility index (Phi) is 11.2. The van der Waals surface area contributed by atoms with Gasteiger partial charge < -0.3 is 18.6 Å². The lowest BCUT2D eigenvalue weighted by molar-refractivity contribution is 1.23. The van der Waals surface area contributed by atoms with Crippen molar-refractivity contribution in [1.82, 2.24) is 8.80 Å². The van der Waals surface area contributed by atoms with E-state index in [1.807, 2.05) is 0 Å². The van der Waals surface area contributed by atoms with Gasteiger partial charge in [0, 0.05) is 77.2 Å². The van der Waals surface area contributed by atoms with E-state index in [9.17, 15) is 0 Å². The molecule has 4 heteroatoms. The van der Waals surface area contributed by atoms with E-state index in [0.29, 0.717) is 0 Å². The van der Waals surface area contributed by atoms with E-state index in [-0.39, 0.29) is 0 Å². The van der Waals surface area contributed by atoms with Crippen molar-refractivity contribution in [2.45, 2.75) is 27.7 Å². The van der Waals surface area contributed by atoms with Gasteiger partial charge in [0.25, 0.3) is 0 Å². The van der Waals surface area contributed by atoms with Crippen molar-refractivity contribution in [2.24, 2.45) is 0 Å². The molecule has 0 aliphatic carbocycles. The second kappa shape index (κ2) is 19.3. The van der Waals surface area contributed by atoms with Crippen LogP contribution in [-0.2, 0) is 0 Å². The van der Waals surface area contributed by atoms with Crippen molar-refractivity contribution in [2.75, 3.05) is 9.80 Å². The zero-order chi connectivity index (χ0) is 57.3. The van der Waals surface area contributed by atoms with Crippen LogP contribution in [-0.4, -0.2) is 8.80 Å². The number of rotatable bonds is 10. The molecule has 0 bridgehead atoms. The van der Waals surface area contributed by atoms with Gasteiger partial charge in [-0.25, -0.2) is 0 Å². The van der Waals surface area contributed by atoms with E-state index in [1.54, 1.807) is 0 Å². The fourth-order valence-electron chi connectivity index (χ4n) is 14.2. The molecular weight excluding hydrogens is 1040 g/mol. The van der Waals surface area contributed by atoms with Gasteiger partial charge in [-0.3, -0.25) is 0 Å². The third kappa shape index (κ3) is 7.62. The van der Waals surface area contributed by atoms with E-state index in [2.05, 4.69) is 325 Å². The summed E-state index contributed by atoms with van der Waals surface area (Å²) in [5.74, 6) is 0. The standard InChI is InChI=1S/C82H58N4/c1-51-31-35-59(55-19-9-5-10-20-55)43-75(51)83(76-44-60(36-32-52(76)2)56-21-11-6-12-22-56)63-39-41-73-69(47-63)65-27-17-29-67-71-50-80-72(49-79(71)85(73)81(65)67)68-30-18-28-66-70-48-64(40-42-74(70)86(80)82(66)68)84(77-45-61(37-33-53(77)3)57-23-13-7-14-24-57)78-46-62(38-34-54(78)4)58-25-15-8-16-26-58/h5-50H,1-4H3. The predicted octanol–water partition coefficient (Wildman–Crippen LogP) is 22.8. The molecule has 4 aromatic heterocycles. The fraction of sp³-hybridized carbons (Fsp3) is 0.0488. The highest BCUT2D eigenvalue weighted by Gasteiger charge is 2.27. The summed E-state index contributed by atoms with van der Waals surface area (Å²) in [6.07, 6.45) is 0. The Morgan fingerprint density at radius 2 is 0.488 bits per heavy atom. The average Bonchev–Trinajstić information content (AvgIpc) is 1.56. The Labute approximate surface area is 499 Å². The Bertz CT molecular complexity index is 4980. The molecule has 0 aliphatic heterocycles. The number of aryl methyl sites for hydroxylation is 4. The molecule has 0 saturated heterocycles. The Hall–Kier alpha value is -10.9. The van der Waals surface area contributed by atoms with Crippen LogP contribution in [0.1, 0.15) is 22.3 Å². The van der Waals surface area contributed by atoms with Crippen molar-refractivity contribution in [3.05, 3.63) is 301 Å². The molecule has 0 N–H and O–H groups in total. The second-order valence-electron chi connectivity index (χ2n) is 23.5. The van der Waals surface area contributed by atoms with Crippen LogP contribution in [0.15, 0.2) is 279 Å². The minimum atomic E-state index is 1.12. The van der Waals surface area contributed by atoms with Crippen LogP contribution in [0.25, 0.3) is 121 Å².